The van der Waals surface area contributed by atoms with Crippen LogP contribution in [0.3, 0.4) is 0 Å². The van der Waals surface area contributed by atoms with Crippen LogP contribution < -0.4 is 5.73 Å². The van der Waals surface area contributed by atoms with E-state index < -0.39 is 17.7 Å². The van der Waals surface area contributed by atoms with Crippen LogP contribution in [-0.4, -0.2) is 35.5 Å². The van der Waals surface area contributed by atoms with Crippen molar-refractivity contribution in [3.63, 3.8) is 0 Å². The van der Waals surface area contributed by atoms with E-state index in [1.54, 1.807) is 0 Å². The van der Waals surface area contributed by atoms with Gasteiger partial charge in [-0.05, 0) is 44.1 Å². The van der Waals surface area contributed by atoms with Crippen LogP contribution >= 0.6 is 0 Å². The minimum Gasteiger partial charge on any atom is -0.387 e. The number of likely N-dealkylation sites (tertiary alicyclic amines) is 1. The highest BCUT2D eigenvalue weighted by molar-refractivity contribution is 5.76. The summed E-state index contributed by atoms with van der Waals surface area (Å²) in [5.41, 5.74) is 5.20. The summed E-state index contributed by atoms with van der Waals surface area (Å²) >= 11 is 0. The van der Waals surface area contributed by atoms with Crippen molar-refractivity contribution in [1.82, 2.24) is 4.90 Å². The summed E-state index contributed by atoms with van der Waals surface area (Å²) in [6.45, 7) is 1.44. The number of hydrogen-bond donors (Lipinski definition) is 2. The molecule has 0 radical (unpaired) electrons. The number of carbonyl (C=O) groups is 1. The van der Waals surface area contributed by atoms with E-state index in [2.05, 4.69) is 0 Å². The number of nitrogens with two attached hydrogens (primary N) is 1. The lowest BCUT2D eigenvalue weighted by Crippen LogP contribution is -2.40. The van der Waals surface area contributed by atoms with Crippen molar-refractivity contribution in [3.8, 4) is 0 Å². The number of primary amides is 1. The Morgan fingerprint density at radius 3 is 2.65 bits per heavy atom. The van der Waals surface area contributed by atoms with E-state index in [4.69, 9.17) is 5.73 Å². The number of aliphatic hydroxyl groups is 1. The molecule has 0 bridgehead atoms. The van der Waals surface area contributed by atoms with Gasteiger partial charge in [-0.2, -0.15) is 0 Å². The average Bonchev–Trinajstić information content (AvgIpc) is 2.42. The van der Waals surface area contributed by atoms with Crippen molar-refractivity contribution in [1.29, 1.82) is 0 Å². The molecule has 1 aliphatic heterocycles. The maximum atomic E-state index is 13.5. The Bertz CT molecular complexity index is 488. The number of carbonyl (C=O) groups excluding carboxylic acids is 1. The van der Waals surface area contributed by atoms with Crippen LogP contribution in [0.5, 0.6) is 0 Å². The van der Waals surface area contributed by atoms with Crippen molar-refractivity contribution < 1.29 is 18.7 Å². The van der Waals surface area contributed by atoms with Crippen molar-refractivity contribution in [2.45, 2.75) is 18.9 Å². The predicted octanol–water partition coefficient (Wildman–Crippen LogP) is 1.20. The van der Waals surface area contributed by atoms with Crippen molar-refractivity contribution >= 4 is 5.91 Å². The first kappa shape index (κ1) is 14.9. The zero-order valence-electron chi connectivity index (χ0n) is 11.1. The van der Waals surface area contributed by atoms with Gasteiger partial charge in [0.2, 0.25) is 5.91 Å². The molecule has 1 aliphatic rings. The average molecular weight is 284 g/mol. The fourth-order valence-corrected chi connectivity index (χ4v) is 2.51. The van der Waals surface area contributed by atoms with Crippen molar-refractivity contribution in [3.05, 3.63) is 35.4 Å². The third-order valence-electron chi connectivity index (χ3n) is 3.74. The molecule has 1 atom stereocenters. The second kappa shape index (κ2) is 6.28. The Hall–Kier alpha value is -1.53. The van der Waals surface area contributed by atoms with Gasteiger partial charge in [-0.15, -0.1) is 0 Å². The number of nitrogens with zero attached hydrogens (tertiary/aromatic N) is 1. The molecule has 3 N–H and O–H groups in total. The standard InChI is InChI=1S/C14H18F2N2O2/c15-10-1-2-12(16)11(7-10)13(19)8-18-5-3-9(4-6-18)14(17)20/h1-2,7,9,13,19H,3-6,8H2,(H2,17,20). The van der Waals surface area contributed by atoms with Crippen LogP contribution in [0.4, 0.5) is 8.78 Å². The minimum absolute atomic E-state index is 0.0398. The predicted molar refractivity (Wildman–Crippen MR) is 69.7 cm³/mol. The number of β-amino-alcohol motifs (C(OH)–C–C–N with tert-alkyl or cyclic N) is 1. The number of rotatable bonds is 4. The van der Waals surface area contributed by atoms with Gasteiger partial charge in [0.05, 0.1) is 6.10 Å². The van der Waals surface area contributed by atoms with Gasteiger partial charge in [-0.1, -0.05) is 0 Å². The maximum absolute atomic E-state index is 13.5. The Morgan fingerprint density at radius 2 is 2.05 bits per heavy atom. The van der Waals surface area contributed by atoms with Crippen LogP contribution in [0, 0.1) is 17.6 Å². The summed E-state index contributed by atoms with van der Waals surface area (Å²) in [5.74, 6) is -1.63. The second-order valence-corrected chi connectivity index (χ2v) is 5.16. The molecule has 1 aromatic carbocycles. The van der Waals surface area contributed by atoms with Gasteiger partial charge < -0.3 is 15.7 Å². The van der Waals surface area contributed by atoms with Gasteiger partial charge in [0.1, 0.15) is 11.6 Å². The number of benzene rings is 1. The van der Waals surface area contributed by atoms with E-state index in [1.165, 1.54) is 0 Å². The largest absolute Gasteiger partial charge is 0.387 e. The van der Waals surface area contributed by atoms with E-state index in [0.29, 0.717) is 25.9 Å². The van der Waals surface area contributed by atoms with Gasteiger partial charge >= 0.3 is 0 Å². The quantitative estimate of drug-likeness (QED) is 0.873. The monoisotopic (exact) mass is 284 g/mol. The fourth-order valence-electron chi connectivity index (χ4n) is 2.51. The molecule has 1 amide bonds. The van der Waals surface area contributed by atoms with E-state index in [-0.39, 0.29) is 23.9 Å². The van der Waals surface area contributed by atoms with Crippen LogP contribution in [0.25, 0.3) is 0 Å². The first-order valence-electron chi connectivity index (χ1n) is 6.62. The number of halogens is 2. The molecule has 2 rings (SSSR count). The summed E-state index contributed by atoms with van der Waals surface area (Å²) in [7, 11) is 0. The smallest absolute Gasteiger partial charge is 0.220 e. The van der Waals surface area contributed by atoms with Crippen LogP contribution in [0.2, 0.25) is 0 Å². The number of piperidine rings is 1. The Kier molecular flexibility index (Phi) is 4.67. The molecule has 0 spiro atoms. The van der Waals surface area contributed by atoms with Gasteiger partial charge in [-0.3, -0.25) is 4.79 Å². The lowest BCUT2D eigenvalue weighted by molar-refractivity contribution is -0.123. The molecule has 1 heterocycles. The third kappa shape index (κ3) is 3.52. The van der Waals surface area contributed by atoms with Gasteiger partial charge in [-0.25, -0.2) is 8.78 Å². The normalized spacial score (nSPS) is 18.9. The highest BCUT2D eigenvalue weighted by Crippen LogP contribution is 2.22. The lowest BCUT2D eigenvalue weighted by atomic mass is 9.96. The first-order valence-corrected chi connectivity index (χ1v) is 6.62. The first-order chi connectivity index (χ1) is 9.47. The van der Waals surface area contributed by atoms with E-state index in [9.17, 15) is 18.7 Å². The topological polar surface area (TPSA) is 66.6 Å². The molecule has 110 valence electrons. The molecule has 6 heteroatoms. The Morgan fingerprint density at radius 1 is 1.40 bits per heavy atom. The second-order valence-electron chi connectivity index (χ2n) is 5.16. The molecule has 1 aromatic rings. The summed E-state index contributed by atoms with van der Waals surface area (Å²) in [4.78, 5) is 13.0. The van der Waals surface area contributed by atoms with Crippen LogP contribution in [0.15, 0.2) is 18.2 Å². The van der Waals surface area contributed by atoms with E-state index in [1.807, 2.05) is 4.90 Å². The summed E-state index contributed by atoms with van der Waals surface area (Å²) in [5, 5.41) is 10.0. The molecule has 4 nitrogen and oxygen atoms in total. The molecule has 0 saturated carbocycles. The molecule has 1 fully saturated rings. The SMILES string of the molecule is NC(=O)C1CCN(CC(O)c2cc(F)ccc2F)CC1. The number of hydrogen-bond acceptors (Lipinski definition) is 3. The molecule has 20 heavy (non-hydrogen) atoms. The molecular weight excluding hydrogens is 266 g/mol. The summed E-state index contributed by atoms with van der Waals surface area (Å²) < 4.78 is 26.6. The minimum atomic E-state index is -1.09. The highest BCUT2D eigenvalue weighted by atomic mass is 19.1. The van der Waals surface area contributed by atoms with Gasteiger partial charge in [0.25, 0.3) is 0 Å². The molecule has 1 saturated heterocycles. The van der Waals surface area contributed by atoms with Crippen LogP contribution in [0.1, 0.15) is 24.5 Å². The zero-order chi connectivity index (χ0) is 14.7. The van der Waals surface area contributed by atoms with Gasteiger partial charge in [0, 0.05) is 18.0 Å². The van der Waals surface area contributed by atoms with Gasteiger partial charge in [0.15, 0.2) is 0 Å². The number of aliphatic hydroxyl groups excluding tert-OH is 1. The maximum Gasteiger partial charge on any atom is 0.220 e. The van der Waals surface area contributed by atoms with Crippen LogP contribution in [-0.2, 0) is 4.79 Å². The summed E-state index contributed by atoms with van der Waals surface area (Å²) in [6, 6.07) is 3.03. The van der Waals surface area contributed by atoms with Crippen molar-refractivity contribution in [2.24, 2.45) is 11.7 Å². The highest BCUT2D eigenvalue weighted by Gasteiger charge is 2.25. The molecular formula is C14H18F2N2O2. The fraction of sp³-hybridized carbons (Fsp3) is 0.500. The van der Waals surface area contributed by atoms with E-state index in [0.717, 1.165) is 18.2 Å². The molecule has 1 unspecified atom stereocenters. The lowest BCUT2D eigenvalue weighted by Gasteiger charge is -2.31. The number of amides is 1. The van der Waals surface area contributed by atoms with Crippen molar-refractivity contribution in [2.75, 3.05) is 19.6 Å². The Labute approximate surface area is 116 Å². The zero-order valence-corrected chi connectivity index (χ0v) is 11.1. The summed E-state index contributed by atoms with van der Waals surface area (Å²) in [6.07, 6.45) is 0.178. The molecule has 0 aromatic heterocycles. The molecule has 0 aliphatic carbocycles. The third-order valence-corrected chi connectivity index (χ3v) is 3.74. The Balaban J connectivity index is 1.94. The van der Waals surface area contributed by atoms with E-state index >= 15 is 0 Å².